The van der Waals surface area contributed by atoms with Crippen molar-refractivity contribution in [2.24, 2.45) is 10.8 Å². The average molecular weight is 262 g/mol. The molecule has 1 aliphatic rings. The molecule has 0 bridgehead atoms. The number of halogens is 1. The summed E-state index contributed by atoms with van der Waals surface area (Å²) in [6.07, 6.45) is 5.03. The van der Waals surface area contributed by atoms with Crippen LogP contribution >= 0.6 is 11.6 Å². The molecule has 0 heterocycles. The van der Waals surface area contributed by atoms with E-state index in [-0.39, 0.29) is 5.41 Å². The highest BCUT2D eigenvalue weighted by Crippen LogP contribution is 2.46. The van der Waals surface area contributed by atoms with Gasteiger partial charge in [-0.25, -0.2) is 0 Å². The largest absolute Gasteiger partial charge is 0.198 e. The molecular weight excluding hydrogens is 242 g/mol. The van der Waals surface area contributed by atoms with Crippen LogP contribution in [-0.4, -0.2) is 0 Å². The molecule has 1 aromatic rings. The SMILES string of the molecule is CC1(C)CCC(C#N)(Cc2ccccc2Cl)CC1. The summed E-state index contributed by atoms with van der Waals surface area (Å²) in [5, 5.41) is 10.4. The van der Waals surface area contributed by atoms with Gasteiger partial charge in [0.15, 0.2) is 0 Å². The van der Waals surface area contributed by atoms with Crippen LogP contribution in [0.25, 0.3) is 0 Å². The molecule has 0 unspecified atom stereocenters. The van der Waals surface area contributed by atoms with Crippen molar-refractivity contribution in [2.45, 2.75) is 46.0 Å². The van der Waals surface area contributed by atoms with Crippen LogP contribution in [0.1, 0.15) is 45.1 Å². The normalized spacial score (nSPS) is 21.2. The maximum atomic E-state index is 9.57. The number of hydrogen-bond acceptors (Lipinski definition) is 1. The minimum atomic E-state index is -0.208. The molecule has 0 N–H and O–H groups in total. The predicted octanol–water partition coefficient (Wildman–Crippen LogP) is 4.99. The zero-order valence-corrected chi connectivity index (χ0v) is 11.9. The fraction of sp³-hybridized carbons (Fsp3) is 0.562. The van der Waals surface area contributed by atoms with Crippen LogP contribution in [0.15, 0.2) is 24.3 Å². The van der Waals surface area contributed by atoms with Gasteiger partial charge < -0.3 is 0 Å². The minimum absolute atomic E-state index is 0.208. The van der Waals surface area contributed by atoms with Crippen LogP contribution < -0.4 is 0 Å². The summed E-state index contributed by atoms with van der Waals surface area (Å²) in [6, 6.07) is 10.5. The summed E-state index contributed by atoms with van der Waals surface area (Å²) >= 11 is 6.21. The smallest absolute Gasteiger partial charge is 0.0693 e. The lowest BCUT2D eigenvalue weighted by Gasteiger charge is -2.39. The van der Waals surface area contributed by atoms with Gasteiger partial charge in [0.1, 0.15) is 0 Å². The van der Waals surface area contributed by atoms with Crippen molar-refractivity contribution >= 4 is 11.6 Å². The molecule has 0 radical (unpaired) electrons. The molecule has 0 aromatic heterocycles. The van der Waals surface area contributed by atoms with Crippen LogP contribution in [0.4, 0.5) is 0 Å². The van der Waals surface area contributed by atoms with E-state index in [2.05, 4.69) is 19.9 Å². The van der Waals surface area contributed by atoms with Crippen LogP contribution in [-0.2, 0) is 6.42 Å². The molecule has 18 heavy (non-hydrogen) atoms. The highest BCUT2D eigenvalue weighted by atomic mass is 35.5. The van der Waals surface area contributed by atoms with E-state index in [0.717, 1.165) is 42.7 Å². The molecule has 0 spiro atoms. The van der Waals surface area contributed by atoms with Gasteiger partial charge in [0.25, 0.3) is 0 Å². The van der Waals surface area contributed by atoms with E-state index < -0.39 is 0 Å². The van der Waals surface area contributed by atoms with Gasteiger partial charge in [-0.05, 0) is 49.1 Å². The summed E-state index contributed by atoms with van der Waals surface area (Å²) in [6.45, 7) is 4.59. The summed E-state index contributed by atoms with van der Waals surface area (Å²) in [5.74, 6) is 0. The Kier molecular flexibility index (Phi) is 3.69. The lowest BCUT2D eigenvalue weighted by molar-refractivity contribution is 0.146. The van der Waals surface area contributed by atoms with Gasteiger partial charge >= 0.3 is 0 Å². The molecule has 0 saturated heterocycles. The minimum Gasteiger partial charge on any atom is -0.198 e. The molecule has 1 nitrogen and oxygen atoms in total. The molecule has 0 aliphatic heterocycles. The summed E-state index contributed by atoms with van der Waals surface area (Å²) in [5.41, 5.74) is 1.29. The fourth-order valence-corrected chi connectivity index (χ4v) is 2.94. The van der Waals surface area contributed by atoms with Crippen molar-refractivity contribution < 1.29 is 0 Å². The van der Waals surface area contributed by atoms with Crippen molar-refractivity contribution in [1.82, 2.24) is 0 Å². The molecule has 1 aliphatic carbocycles. The third-order valence-corrected chi connectivity index (χ3v) is 4.65. The molecule has 1 aromatic carbocycles. The van der Waals surface area contributed by atoms with Crippen LogP contribution in [0.3, 0.4) is 0 Å². The van der Waals surface area contributed by atoms with Gasteiger partial charge in [0.2, 0.25) is 0 Å². The maximum Gasteiger partial charge on any atom is 0.0693 e. The van der Waals surface area contributed by atoms with Gasteiger partial charge in [-0.1, -0.05) is 43.6 Å². The van der Waals surface area contributed by atoms with Crippen molar-refractivity contribution in [1.29, 1.82) is 5.26 Å². The Morgan fingerprint density at radius 1 is 1.17 bits per heavy atom. The lowest BCUT2D eigenvalue weighted by atomic mass is 9.64. The Hall–Kier alpha value is -1.00. The van der Waals surface area contributed by atoms with Gasteiger partial charge in [0.05, 0.1) is 11.5 Å². The van der Waals surface area contributed by atoms with Crippen LogP contribution in [0, 0.1) is 22.2 Å². The molecule has 0 amide bonds. The highest BCUT2D eigenvalue weighted by molar-refractivity contribution is 6.31. The van der Waals surface area contributed by atoms with E-state index in [1.807, 2.05) is 24.3 Å². The fourth-order valence-electron chi connectivity index (χ4n) is 2.74. The average Bonchev–Trinajstić information content (AvgIpc) is 2.35. The monoisotopic (exact) mass is 261 g/mol. The molecular formula is C16H20ClN. The van der Waals surface area contributed by atoms with Crippen molar-refractivity contribution in [3.05, 3.63) is 34.9 Å². The molecule has 2 heteroatoms. The summed E-state index contributed by atoms with van der Waals surface area (Å²) in [4.78, 5) is 0. The van der Waals surface area contributed by atoms with Crippen molar-refractivity contribution in [3.63, 3.8) is 0 Å². The zero-order valence-electron chi connectivity index (χ0n) is 11.2. The van der Waals surface area contributed by atoms with Crippen LogP contribution in [0.2, 0.25) is 5.02 Å². The Bertz CT molecular complexity index is 460. The number of nitrogens with zero attached hydrogens (tertiary/aromatic N) is 1. The quantitative estimate of drug-likeness (QED) is 0.736. The lowest BCUT2D eigenvalue weighted by Crippen LogP contribution is -2.31. The molecule has 2 rings (SSSR count). The van der Waals surface area contributed by atoms with E-state index >= 15 is 0 Å². The summed E-state index contributed by atoms with van der Waals surface area (Å²) in [7, 11) is 0. The van der Waals surface area contributed by atoms with E-state index in [0.29, 0.717) is 5.41 Å². The Morgan fingerprint density at radius 2 is 1.78 bits per heavy atom. The first-order valence-corrected chi connectivity index (χ1v) is 6.99. The van der Waals surface area contributed by atoms with Crippen LogP contribution in [0.5, 0.6) is 0 Å². The van der Waals surface area contributed by atoms with Crippen molar-refractivity contribution in [2.75, 3.05) is 0 Å². The first-order chi connectivity index (χ1) is 8.46. The highest BCUT2D eigenvalue weighted by Gasteiger charge is 2.38. The Labute approximate surface area is 115 Å². The maximum absolute atomic E-state index is 9.57. The predicted molar refractivity (Wildman–Crippen MR) is 75.5 cm³/mol. The summed E-state index contributed by atoms with van der Waals surface area (Å²) < 4.78 is 0. The third-order valence-electron chi connectivity index (χ3n) is 4.28. The topological polar surface area (TPSA) is 23.8 Å². The standard InChI is InChI=1S/C16H20ClN/c1-15(2)7-9-16(12-18,10-8-15)11-13-5-3-4-6-14(13)17/h3-6H,7-11H2,1-2H3. The van der Waals surface area contributed by atoms with Gasteiger partial charge in [0, 0.05) is 5.02 Å². The number of benzene rings is 1. The van der Waals surface area contributed by atoms with E-state index in [9.17, 15) is 5.26 Å². The van der Waals surface area contributed by atoms with E-state index in [1.165, 1.54) is 0 Å². The van der Waals surface area contributed by atoms with Crippen molar-refractivity contribution in [3.8, 4) is 6.07 Å². The molecule has 1 saturated carbocycles. The zero-order chi connectivity index (χ0) is 13.2. The first kappa shape index (κ1) is 13.4. The molecule has 96 valence electrons. The van der Waals surface area contributed by atoms with E-state index in [1.54, 1.807) is 0 Å². The number of rotatable bonds is 2. The first-order valence-electron chi connectivity index (χ1n) is 6.61. The van der Waals surface area contributed by atoms with Gasteiger partial charge in [-0.2, -0.15) is 5.26 Å². The van der Waals surface area contributed by atoms with Gasteiger partial charge in [-0.3, -0.25) is 0 Å². The van der Waals surface area contributed by atoms with E-state index in [4.69, 9.17) is 11.6 Å². The number of hydrogen-bond donors (Lipinski definition) is 0. The molecule has 0 atom stereocenters. The Morgan fingerprint density at radius 3 is 2.33 bits per heavy atom. The van der Waals surface area contributed by atoms with Gasteiger partial charge in [-0.15, -0.1) is 0 Å². The second-order valence-corrected chi connectivity index (χ2v) is 6.73. The molecule has 1 fully saturated rings. The third kappa shape index (κ3) is 2.87. The second kappa shape index (κ2) is 4.94. The number of nitriles is 1. The second-order valence-electron chi connectivity index (χ2n) is 6.32. The Balaban J connectivity index is 2.16.